The van der Waals surface area contributed by atoms with Gasteiger partial charge in [-0.1, -0.05) is 0 Å². The van der Waals surface area contributed by atoms with Crippen molar-refractivity contribution >= 4 is 11.7 Å². The molecule has 0 saturated heterocycles. The molecule has 0 radical (unpaired) electrons. The number of aromatic carboxylic acids is 1. The van der Waals surface area contributed by atoms with Crippen molar-refractivity contribution in [1.29, 1.82) is 0 Å². The minimum absolute atomic E-state index is 0.0726. The highest BCUT2D eigenvalue weighted by molar-refractivity contribution is 5.88. The average Bonchev–Trinajstić information content (AvgIpc) is 2.45. The van der Waals surface area contributed by atoms with Gasteiger partial charge >= 0.3 is 5.97 Å². The Morgan fingerprint density at radius 2 is 1.81 bits per heavy atom. The van der Waals surface area contributed by atoms with Crippen LogP contribution < -0.4 is 5.32 Å². The number of carboxylic acid groups (broad SMARTS) is 1. The molecule has 0 bridgehead atoms. The number of nitrogens with one attached hydrogen (secondary N) is 1. The van der Waals surface area contributed by atoms with E-state index in [0.29, 0.717) is 0 Å². The lowest BCUT2D eigenvalue weighted by Crippen LogP contribution is -2.12. The van der Waals surface area contributed by atoms with Gasteiger partial charge in [-0.25, -0.2) is 32.3 Å². The first-order valence-electron chi connectivity index (χ1n) is 5.50. The number of aromatic nitrogens is 2. The van der Waals surface area contributed by atoms with Crippen LogP contribution in [-0.2, 0) is 6.54 Å². The van der Waals surface area contributed by atoms with Crippen LogP contribution in [0.3, 0.4) is 0 Å². The Kier molecular flexibility index (Phi) is 4.01. The summed E-state index contributed by atoms with van der Waals surface area (Å²) >= 11 is 0. The summed E-state index contributed by atoms with van der Waals surface area (Å²) in [6.45, 7) is -0.457. The molecule has 2 rings (SSSR count). The van der Waals surface area contributed by atoms with Crippen LogP contribution in [0.2, 0.25) is 0 Å². The zero-order valence-corrected chi connectivity index (χ0v) is 10.2. The minimum atomic E-state index is -1.61. The third kappa shape index (κ3) is 2.91. The summed E-state index contributed by atoms with van der Waals surface area (Å²) in [5.74, 6) is -7.71. The van der Waals surface area contributed by atoms with E-state index in [2.05, 4.69) is 15.3 Å². The Morgan fingerprint density at radius 3 is 2.38 bits per heavy atom. The fourth-order valence-electron chi connectivity index (χ4n) is 1.57. The normalized spacial score (nSPS) is 10.5. The van der Waals surface area contributed by atoms with Crippen LogP contribution >= 0.6 is 0 Å². The van der Waals surface area contributed by atoms with Crippen molar-refractivity contribution in [3.63, 3.8) is 0 Å². The maximum absolute atomic E-state index is 13.4. The fraction of sp³-hybridized carbons (Fsp3) is 0.0833. The molecule has 2 N–H and O–H groups in total. The average molecular weight is 301 g/mol. The lowest BCUT2D eigenvalue weighted by atomic mass is 10.2. The molecule has 0 aliphatic heterocycles. The van der Waals surface area contributed by atoms with Crippen molar-refractivity contribution in [2.24, 2.45) is 0 Å². The quantitative estimate of drug-likeness (QED) is 0.669. The van der Waals surface area contributed by atoms with Gasteiger partial charge in [0.15, 0.2) is 23.3 Å². The van der Waals surface area contributed by atoms with Gasteiger partial charge < -0.3 is 10.4 Å². The van der Waals surface area contributed by atoms with Crippen LogP contribution in [0.15, 0.2) is 18.6 Å². The van der Waals surface area contributed by atoms with Gasteiger partial charge in [0.25, 0.3) is 0 Å². The van der Waals surface area contributed by atoms with Gasteiger partial charge in [0, 0.05) is 12.3 Å². The Hall–Kier alpha value is -2.71. The van der Waals surface area contributed by atoms with Gasteiger partial charge in [-0.3, -0.25) is 0 Å². The number of anilines is 1. The highest BCUT2D eigenvalue weighted by atomic mass is 19.2. The van der Waals surface area contributed by atoms with Gasteiger partial charge in [0.05, 0.1) is 12.2 Å². The molecule has 9 heteroatoms. The molecule has 0 fully saturated rings. The molecule has 110 valence electrons. The molecule has 1 aromatic heterocycles. The molecule has 0 saturated carbocycles. The molecule has 2 aromatic rings. The van der Waals surface area contributed by atoms with E-state index in [-0.39, 0.29) is 17.3 Å². The summed E-state index contributed by atoms with van der Waals surface area (Å²) in [7, 11) is 0. The summed E-state index contributed by atoms with van der Waals surface area (Å²) in [6, 6.07) is 0.0726. The van der Waals surface area contributed by atoms with E-state index in [4.69, 9.17) is 5.11 Å². The number of hydrogen-bond acceptors (Lipinski definition) is 4. The van der Waals surface area contributed by atoms with Gasteiger partial charge in [0.2, 0.25) is 0 Å². The van der Waals surface area contributed by atoms with Gasteiger partial charge in [0.1, 0.15) is 17.6 Å². The SMILES string of the molecule is O=C(O)c1cncnc1CNc1c(F)c(F)cc(F)c1F. The molecular weight excluding hydrogens is 294 g/mol. The number of benzene rings is 1. The summed E-state index contributed by atoms with van der Waals surface area (Å²) in [5.41, 5.74) is -1.44. The topological polar surface area (TPSA) is 75.1 Å². The summed E-state index contributed by atoms with van der Waals surface area (Å²) in [5, 5.41) is 11.0. The summed E-state index contributed by atoms with van der Waals surface area (Å²) in [4.78, 5) is 18.0. The second kappa shape index (κ2) is 5.73. The third-order valence-corrected chi connectivity index (χ3v) is 2.57. The summed E-state index contributed by atoms with van der Waals surface area (Å²) in [6.07, 6.45) is 2.02. The largest absolute Gasteiger partial charge is 0.478 e. The molecule has 1 heterocycles. The van der Waals surface area contributed by atoms with Crippen molar-refractivity contribution in [2.45, 2.75) is 6.54 Å². The number of halogens is 4. The second-order valence-electron chi connectivity index (χ2n) is 3.88. The summed E-state index contributed by atoms with van der Waals surface area (Å²) < 4.78 is 52.8. The molecule has 5 nitrogen and oxygen atoms in total. The Balaban J connectivity index is 2.31. The first-order chi connectivity index (χ1) is 9.91. The number of rotatable bonds is 4. The van der Waals surface area contributed by atoms with Crippen LogP contribution in [0.1, 0.15) is 16.1 Å². The van der Waals surface area contributed by atoms with Crippen molar-refractivity contribution in [3.05, 3.63) is 53.1 Å². The molecule has 21 heavy (non-hydrogen) atoms. The van der Waals surface area contributed by atoms with E-state index in [1.807, 2.05) is 0 Å². The van der Waals surface area contributed by atoms with Crippen LogP contribution in [0.4, 0.5) is 23.2 Å². The third-order valence-electron chi connectivity index (χ3n) is 2.57. The van der Waals surface area contributed by atoms with E-state index in [1.54, 1.807) is 0 Å². The van der Waals surface area contributed by atoms with Gasteiger partial charge in [-0.15, -0.1) is 0 Å². The zero-order chi connectivity index (χ0) is 15.6. The number of hydrogen-bond donors (Lipinski definition) is 2. The van der Waals surface area contributed by atoms with E-state index in [9.17, 15) is 22.4 Å². The Bertz CT molecular complexity index is 683. The molecule has 0 aliphatic rings. The fourth-order valence-corrected chi connectivity index (χ4v) is 1.57. The molecule has 0 unspecified atom stereocenters. The highest BCUT2D eigenvalue weighted by Crippen LogP contribution is 2.24. The number of carbonyl (C=O) groups is 1. The van der Waals surface area contributed by atoms with Crippen LogP contribution in [0.5, 0.6) is 0 Å². The maximum Gasteiger partial charge on any atom is 0.339 e. The standard InChI is InChI=1S/C12H7F4N3O2/c13-6-1-7(14)10(16)11(9(6)15)18-3-8-5(12(20)21)2-17-4-19-8/h1-2,4,18H,3H2,(H,20,21). The predicted molar refractivity (Wildman–Crippen MR) is 62.6 cm³/mol. The van der Waals surface area contributed by atoms with E-state index in [0.717, 1.165) is 12.5 Å². The monoisotopic (exact) mass is 301 g/mol. The first kappa shape index (κ1) is 14.7. The maximum atomic E-state index is 13.4. The van der Waals surface area contributed by atoms with Gasteiger partial charge in [-0.2, -0.15) is 0 Å². The lowest BCUT2D eigenvalue weighted by molar-refractivity contribution is 0.0694. The zero-order valence-electron chi connectivity index (χ0n) is 10.2. The van der Waals surface area contributed by atoms with E-state index >= 15 is 0 Å². The second-order valence-corrected chi connectivity index (χ2v) is 3.88. The number of carboxylic acids is 1. The molecule has 0 aliphatic carbocycles. The molecular formula is C12H7F4N3O2. The van der Waals surface area contributed by atoms with Gasteiger partial charge in [-0.05, 0) is 0 Å². The Morgan fingerprint density at radius 1 is 1.19 bits per heavy atom. The lowest BCUT2D eigenvalue weighted by Gasteiger charge is -2.10. The van der Waals surface area contributed by atoms with Crippen molar-refractivity contribution in [2.75, 3.05) is 5.32 Å². The molecule has 0 atom stereocenters. The molecule has 0 amide bonds. The van der Waals surface area contributed by atoms with Crippen LogP contribution in [0, 0.1) is 23.3 Å². The van der Waals surface area contributed by atoms with Crippen molar-refractivity contribution in [3.8, 4) is 0 Å². The first-order valence-corrected chi connectivity index (χ1v) is 5.50. The molecule has 0 spiro atoms. The predicted octanol–water partition coefficient (Wildman–Crippen LogP) is 2.34. The minimum Gasteiger partial charge on any atom is -0.478 e. The molecule has 1 aromatic carbocycles. The smallest absolute Gasteiger partial charge is 0.339 e. The van der Waals surface area contributed by atoms with Crippen molar-refractivity contribution in [1.82, 2.24) is 9.97 Å². The van der Waals surface area contributed by atoms with E-state index in [1.165, 1.54) is 0 Å². The number of nitrogens with zero attached hydrogens (tertiary/aromatic N) is 2. The van der Waals surface area contributed by atoms with Crippen LogP contribution in [-0.4, -0.2) is 21.0 Å². The highest BCUT2D eigenvalue weighted by Gasteiger charge is 2.20. The van der Waals surface area contributed by atoms with Crippen LogP contribution in [0.25, 0.3) is 0 Å². The Labute approximate surface area is 115 Å². The van der Waals surface area contributed by atoms with E-state index < -0.39 is 41.5 Å². The van der Waals surface area contributed by atoms with Crippen molar-refractivity contribution < 1.29 is 27.5 Å².